The van der Waals surface area contributed by atoms with Crippen LogP contribution in [0.5, 0.6) is 5.75 Å². The fourth-order valence-electron chi connectivity index (χ4n) is 4.85. The van der Waals surface area contributed by atoms with Crippen molar-refractivity contribution in [2.75, 3.05) is 49.3 Å². The highest BCUT2D eigenvalue weighted by Crippen LogP contribution is 2.30. The number of carbonyl (C=O) groups excluding carboxylic acids is 2. The number of rotatable bonds is 11. The smallest absolute Gasteiger partial charge is 0.256 e. The molecule has 7 nitrogen and oxygen atoms in total. The first-order chi connectivity index (χ1) is 18.4. The van der Waals surface area contributed by atoms with Crippen LogP contribution < -0.4 is 15.0 Å². The van der Waals surface area contributed by atoms with Crippen molar-refractivity contribution >= 4 is 52.3 Å². The Morgan fingerprint density at radius 3 is 2.55 bits per heavy atom. The third-order valence-electron chi connectivity index (χ3n) is 7.15. The summed E-state index contributed by atoms with van der Waals surface area (Å²) >= 11 is 7.47. The van der Waals surface area contributed by atoms with Crippen LogP contribution in [0.1, 0.15) is 39.5 Å². The van der Waals surface area contributed by atoms with E-state index in [1.165, 1.54) is 12.8 Å². The Bertz CT molecular complexity index is 1120. The number of likely N-dealkylation sites (tertiary alicyclic amines) is 1. The average Bonchev–Trinajstić information content (AvgIpc) is 3.16. The van der Waals surface area contributed by atoms with Crippen molar-refractivity contribution in [3.05, 3.63) is 48.5 Å². The molecule has 204 valence electrons. The van der Waals surface area contributed by atoms with Gasteiger partial charge in [-0.1, -0.05) is 19.9 Å². The van der Waals surface area contributed by atoms with E-state index in [1.54, 1.807) is 16.7 Å². The SMILES string of the molecule is CCCOc1ccc(NC(=O)C[C@H]2C(=O)N(c3cccc(SC)c3)C(=S)N2CCN2CCC(C)CC2)cc1. The standard InChI is InChI=1S/C29H38N4O3S2/c1-4-18-36-24-10-8-22(9-11-24)30-27(34)20-26-28(35)33(23-6-5-7-25(19-23)38-3)29(37)32(26)17-16-31-14-12-21(2)13-15-31/h5-11,19,21,26H,4,12-18,20H2,1-3H3,(H,30,34)/t26-/m0/s1. The Balaban J connectivity index is 1.48. The topological polar surface area (TPSA) is 65.1 Å². The van der Waals surface area contributed by atoms with E-state index in [2.05, 4.69) is 24.1 Å². The van der Waals surface area contributed by atoms with E-state index in [9.17, 15) is 9.59 Å². The van der Waals surface area contributed by atoms with E-state index >= 15 is 0 Å². The molecule has 2 saturated heterocycles. The Labute approximate surface area is 235 Å². The number of hydrogen-bond acceptors (Lipinski definition) is 6. The monoisotopic (exact) mass is 554 g/mol. The minimum absolute atomic E-state index is 0.0306. The quantitative estimate of drug-likeness (QED) is 0.300. The van der Waals surface area contributed by atoms with Gasteiger partial charge in [0.1, 0.15) is 11.8 Å². The summed E-state index contributed by atoms with van der Waals surface area (Å²) < 4.78 is 5.63. The first kappa shape index (κ1) is 28.4. The molecule has 38 heavy (non-hydrogen) atoms. The van der Waals surface area contributed by atoms with Gasteiger partial charge in [0, 0.05) is 23.7 Å². The molecule has 0 unspecified atom stereocenters. The van der Waals surface area contributed by atoms with Crippen LogP contribution in [0, 0.1) is 5.92 Å². The second-order valence-electron chi connectivity index (χ2n) is 10.0. The van der Waals surface area contributed by atoms with Gasteiger partial charge in [0.05, 0.1) is 18.7 Å². The summed E-state index contributed by atoms with van der Waals surface area (Å²) in [5.41, 5.74) is 1.42. The van der Waals surface area contributed by atoms with Crippen LogP contribution in [0.4, 0.5) is 11.4 Å². The Morgan fingerprint density at radius 2 is 1.87 bits per heavy atom. The van der Waals surface area contributed by atoms with Crippen molar-refractivity contribution < 1.29 is 14.3 Å². The van der Waals surface area contributed by atoms with Gasteiger partial charge in [0.2, 0.25) is 5.91 Å². The first-order valence-electron chi connectivity index (χ1n) is 13.4. The van der Waals surface area contributed by atoms with Gasteiger partial charge in [0.15, 0.2) is 5.11 Å². The second-order valence-corrected chi connectivity index (χ2v) is 11.3. The summed E-state index contributed by atoms with van der Waals surface area (Å²) in [6.45, 7) is 8.54. The zero-order valence-corrected chi connectivity index (χ0v) is 24.2. The number of benzene rings is 2. The first-order valence-corrected chi connectivity index (χ1v) is 15.1. The molecule has 2 aromatic carbocycles. The molecule has 1 atom stereocenters. The molecule has 1 N–H and O–H groups in total. The lowest BCUT2D eigenvalue weighted by Gasteiger charge is -2.32. The number of anilines is 2. The zero-order chi connectivity index (χ0) is 27.1. The molecule has 4 rings (SSSR count). The molecule has 2 amide bonds. The maximum Gasteiger partial charge on any atom is 0.256 e. The fraction of sp³-hybridized carbons (Fsp3) is 0.483. The van der Waals surface area contributed by atoms with E-state index in [1.807, 2.05) is 59.7 Å². The lowest BCUT2D eigenvalue weighted by molar-refractivity contribution is -0.124. The van der Waals surface area contributed by atoms with Crippen LogP contribution in [-0.4, -0.2) is 71.8 Å². The number of thiocarbonyl (C=S) groups is 1. The molecule has 0 spiro atoms. The molecule has 2 aromatic rings. The summed E-state index contributed by atoms with van der Waals surface area (Å²) in [5.74, 6) is 1.15. The van der Waals surface area contributed by atoms with Crippen LogP contribution in [0.3, 0.4) is 0 Å². The predicted molar refractivity (Wildman–Crippen MR) is 159 cm³/mol. The molecule has 0 radical (unpaired) electrons. The van der Waals surface area contributed by atoms with Gasteiger partial charge >= 0.3 is 0 Å². The summed E-state index contributed by atoms with van der Waals surface area (Å²) in [6, 6.07) is 14.5. The maximum atomic E-state index is 13.7. The van der Waals surface area contributed by atoms with Crippen molar-refractivity contribution in [1.29, 1.82) is 0 Å². The Hall–Kier alpha value is -2.62. The van der Waals surface area contributed by atoms with E-state index in [4.69, 9.17) is 17.0 Å². The van der Waals surface area contributed by atoms with Crippen molar-refractivity contribution in [2.45, 2.75) is 50.5 Å². The van der Waals surface area contributed by atoms with Gasteiger partial charge in [-0.2, -0.15) is 0 Å². The van der Waals surface area contributed by atoms with E-state index in [0.717, 1.165) is 48.3 Å². The van der Waals surface area contributed by atoms with E-state index in [0.29, 0.717) is 24.0 Å². The van der Waals surface area contributed by atoms with Crippen LogP contribution in [0.15, 0.2) is 53.4 Å². The van der Waals surface area contributed by atoms with E-state index < -0.39 is 6.04 Å². The maximum absolute atomic E-state index is 13.7. The van der Waals surface area contributed by atoms with Crippen LogP contribution >= 0.6 is 24.0 Å². The third-order valence-corrected chi connectivity index (χ3v) is 8.30. The highest BCUT2D eigenvalue weighted by Gasteiger charge is 2.44. The number of thioether (sulfide) groups is 1. The fourth-order valence-corrected chi connectivity index (χ4v) is 5.72. The lowest BCUT2D eigenvalue weighted by Crippen LogP contribution is -2.44. The van der Waals surface area contributed by atoms with Gasteiger partial charge in [-0.05, 0) is 99.2 Å². The molecule has 0 saturated carbocycles. The number of carbonyl (C=O) groups is 2. The van der Waals surface area contributed by atoms with Crippen LogP contribution in [0.25, 0.3) is 0 Å². The molecular weight excluding hydrogens is 516 g/mol. The average molecular weight is 555 g/mol. The second kappa shape index (κ2) is 13.4. The summed E-state index contributed by atoms with van der Waals surface area (Å²) in [7, 11) is 0. The normalized spacial score (nSPS) is 18.8. The molecule has 0 aliphatic carbocycles. The summed E-state index contributed by atoms with van der Waals surface area (Å²) in [6.07, 6.45) is 5.34. The minimum atomic E-state index is -0.642. The third kappa shape index (κ3) is 7.07. The molecule has 2 aliphatic heterocycles. The van der Waals surface area contributed by atoms with Gasteiger partial charge in [-0.3, -0.25) is 14.5 Å². The summed E-state index contributed by atoms with van der Waals surface area (Å²) in [5, 5.41) is 3.41. The zero-order valence-electron chi connectivity index (χ0n) is 22.5. The molecule has 2 heterocycles. The van der Waals surface area contributed by atoms with E-state index in [-0.39, 0.29) is 18.2 Å². The molecule has 2 aliphatic rings. The minimum Gasteiger partial charge on any atom is -0.494 e. The van der Waals surface area contributed by atoms with Crippen molar-refractivity contribution in [1.82, 2.24) is 9.80 Å². The number of ether oxygens (including phenoxy) is 1. The molecule has 9 heteroatoms. The molecule has 0 bridgehead atoms. The highest BCUT2D eigenvalue weighted by molar-refractivity contribution is 7.98. The van der Waals surface area contributed by atoms with Gasteiger partial charge in [-0.25, -0.2) is 0 Å². The highest BCUT2D eigenvalue weighted by atomic mass is 32.2. The molecule has 0 aromatic heterocycles. The van der Waals surface area contributed by atoms with Crippen molar-refractivity contribution in [3.63, 3.8) is 0 Å². The van der Waals surface area contributed by atoms with Gasteiger partial charge < -0.3 is 19.9 Å². The number of amides is 2. The van der Waals surface area contributed by atoms with Crippen molar-refractivity contribution in [2.24, 2.45) is 5.92 Å². The molecular formula is C29H38N4O3S2. The number of hydrogen-bond donors (Lipinski definition) is 1. The number of piperidine rings is 1. The van der Waals surface area contributed by atoms with Crippen LogP contribution in [0.2, 0.25) is 0 Å². The predicted octanol–water partition coefficient (Wildman–Crippen LogP) is 5.26. The number of nitrogens with one attached hydrogen (secondary N) is 1. The van der Waals surface area contributed by atoms with Gasteiger partial charge in [0.25, 0.3) is 5.91 Å². The number of nitrogens with zero attached hydrogens (tertiary/aromatic N) is 3. The Kier molecular flexibility index (Phi) is 10.0. The largest absolute Gasteiger partial charge is 0.494 e. The van der Waals surface area contributed by atoms with Crippen LogP contribution in [-0.2, 0) is 9.59 Å². The Morgan fingerprint density at radius 1 is 1.13 bits per heavy atom. The summed E-state index contributed by atoms with van der Waals surface area (Å²) in [4.78, 5) is 33.9. The van der Waals surface area contributed by atoms with Gasteiger partial charge in [-0.15, -0.1) is 11.8 Å². The van der Waals surface area contributed by atoms with Crippen molar-refractivity contribution in [3.8, 4) is 5.75 Å². The lowest BCUT2D eigenvalue weighted by atomic mass is 9.99. The molecule has 2 fully saturated rings.